The summed E-state index contributed by atoms with van der Waals surface area (Å²) in [5.74, 6) is 0.770. The van der Waals surface area contributed by atoms with E-state index in [9.17, 15) is 18.0 Å². The number of amides is 1. The third-order valence-corrected chi connectivity index (χ3v) is 5.56. The van der Waals surface area contributed by atoms with Crippen LogP contribution in [-0.4, -0.2) is 43.0 Å². The quantitative estimate of drug-likeness (QED) is 0.793. The van der Waals surface area contributed by atoms with E-state index in [1.807, 2.05) is 0 Å². The molecule has 2 aliphatic heterocycles. The molecule has 0 radical (unpaired) electrons. The van der Waals surface area contributed by atoms with E-state index in [-0.39, 0.29) is 11.9 Å². The Bertz CT molecular complexity index is 612. The number of nitrogens with zero attached hydrogens (tertiary/aromatic N) is 1. The molecule has 150 valence electrons. The van der Waals surface area contributed by atoms with Crippen molar-refractivity contribution in [1.29, 1.82) is 0 Å². The minimum absolute atomic E-state index is 0.120. The number of rotatable bonds is 6. The number of nitrogens with one attached hydrogen (secondary N) is 2. The second-order valence-corrected chi connectivity index (χ2v) is 7.71. The fourth-order valence-electron chi connectivity index (χ4n) is 3.96. The van der Waals surface area contributed by atoms with Crippen LogP contribution in [0, 0.1) is 5.92 Å². The average Bonchev–Trinajstić information content (AvgIpc) is 3.07. The van der Waals surface area contributed by atoms with E-state index in [4.69, 9.17) is 0 Å². The van der Waals surface area contributed by atoms with E-state index < -0.39 is 11.7 Å². The molecule has 0 aromatic heterocycles. The number of carbonyl (C=O) groups excluding carboxylic acids is 1. The number of carbonyl (C=O) groups is 1. The fraction of sp³-hybridized carbons (Fsp3) is 0.650. The second kappa shape index (κ2) is 9.06. The Hall–Kier alpha value is -1.60. The van der Waals surface area contributed by atoms with E-state index in [2.05, 4.69) is 15.5 Å². The standard InChI is InChI=1S/C20H28F3N3O/c21-20(22,23)17-4-1-16(2-5-17)13-26-12-9-18(14-26)25-19(27)6-3-15-7-10-24-11-8-15/h1-2,4-5,15,18,24H,3,6-14H2,(H,25,27). The molecule has 1 amide bonds. The van der Waals surface area contributed by atoms with Gasteiger partial charge >= 0.3 is 6.18 Å². The molecule has 2 N–H and O–H groups in total. The monoisotopic (exact) mass is 383 g/mol. The van der Waals surface area contributed by atoms with E-state index in [0.717, 1.165) is 69.6 Å². The Kier molecular flexibility index (Phi) is 6.76. The van der Waals surface area contributed by atoms with Gasteiger partial charge in [-0.25, -0.2) is 0 Å². The Balaban J connectivity index is 1.38. The van der Waals surface area contributed by atoms with Gasteiger partial charge in [-0.2, -0.15) is 13.2 Å². The lowest BCUT2D eigenvalue weighted by Gasteiger charge is -2.22. The zero-order chi connectivity index (χ0) is 19.3. The van der Waals surface area contributed by atoms with Gasteiger partial charge in [0, 0.05) is 32.1 Å². The Morgan fingerprint density at radius 3 is 2.52 bits per heavy atom. The highest BCUT2D eigenvalue weighted by atomic mass is 19.4. The normalized spacial score (nSPS) is 22.1. The molecule has 2 saturated heterocycles. The summed E-state index contributed by atoms with van der Waals surface area (Å²) in [7, 11) is 0. The molecule has 0 spiro atoms. The molecule has 0 aliphatic carbocycles. The van der Waals surface area contributed by atoms with Gasteiger partial charge in [0.05, 0.1) is 5.56 Å². The summed E-state index contributed by atoms with van der Waals surface area (Å²) in [5.41, 5.74) is 0.243. The minimum Gasteiger partial charge on any atom is -0.352 e. The summed E-state index contributed by atoms with van der Waals surface area (Å²) in [6.45, 7) is 4.31. The van der Waals surface area contributed by atoms with E-state index in [0.29, 0.717) is 18.9 Å². The first-order valence-electron chi connectivity index (χ1n) is 9.79. The number of hydrogen-bond acceptors (Lipinski definition) is 3. The predicted molar refractivity (Wildman–Crippen MR) is 98.1 cm³/mol. The number of benzene rings is 1. The Morgan fingerprint density at radius 1 is 1.15 bits per heavy atom. The van der Waals surface area contributed by atoms with E-state index in [1.54, 1.807) is 0 Å². The summed E-state index contributed by atoms with van der Waals surface area (Å²) in [5, 5.41) is 6.45. The SMILES string of the molecule is O=C(CCC1CCNCC1)NC1CCN(Cc2ccc(C(F)(F)F)cc2)C1. The van der Waals surface area contributed by atoms with Gasteiger partial charge < -0.3 is 10.6 Å². The highest BCUT2D eigenvalue weighted by molar-refractivity contribution is 5.76. The first kappa shape index (κ1) is 20.1. The zero-order valence-corrected chi connectivity index (χ0v) is 15.5. The van der Waals surface area contributed by atoms with Crippen LogP contribution in [0.4, 0.5) is 13.2 Å². The maximum atomic E-state index is 12.6. The third-order valence-electron chi connectivity index (χ3n) is 5.56. The molecule has 1 aromatic rings. The van der Waals surface area contributed by atoms with E-state index >= 15 is 0 Å². The summed E-state index contributed by atoms with van der Waals surface area (Å²) >= 11 is 0. The number of piperidine rings is 1. The molecule has 1 unspecified atom stereocenters. The molecule has 3 rings (SSSR count). The van der Waals surface area contributed by atoms with Gasteiger partial charge in [-0.05, 0) is 62.4 Å². The number of halogens is 3. The van der Waals surface area contributed by atoms with Crippen LogP contribution in [0.25, 0.3) is 0 Å². The van der Waals surface area contributed by atoms with Crippen molar-refractivity contribution in [3.05, 3.63) is 35.4 Å². The van der Waals surface area contributed by atoms with E-state index in [1.165, 1.54) is 12.1 Å². The molecule has 0 bridgehead atoms. The number of likely N-dealkylation sites (tertiary alicyclic amines) is 1. The molecule has 2 aliphatic rings. The Labute approximate surface area is 158 Å². The Morgan fingerprint density at radius 2 is 1.85 bits per heavy atom. The van der Waals surface area contributed by atoms with Crippen molar-refractivity contribution < 1.29 is 18.0 Å². The number of hydrogen-bond donors (Lipinski definition) is 2. The van der Waals surface area contributed by atoms with Gasteiger partial charge in [0.2, 0.25) is 5.91 Å². The van der Waals surface area contributed by atoms with Crippen molar-refractivity contribution in [2.24, 2.45) is 5.92 Å². The van der Waals surface area contributed by atoms with Crippen LogP contribution in [0.1, 0.15) is 43.2 Å². The highest BCUT2D eigenvalue weighted by Gasteiger charge is 2.30. The lowest BCUT2D eigenvalue weighted by Crippen LogP contribution is -2.37. The van der Waals surface area contributed by atoms with Gasteiger partial charge in [0.15, 0.2) is 0 Å². The summed E-state index contributed by atoms with van der Waals surface area (Å²) in [6, 6.07) is 5.47. The summed E-state index contributed by atoms with van der Waals surface area (Å²) in [6.07, 6.45) is 0.431. The molecule has 1 atom stereocenters. The van der Waals surface area contributed by atoms with Gasteiger partial charge in [-0.3, -0.25) is 9.69 Å². The molecular formula is C20H28F3N3O. The third kappa shape index (κ3) is 6.21. The second-order valence-electron chi connectivity index (χ2n) is 7.71. The lowest BCUT2D eigenvalue weighted by atomic mass is 9.93. The van der Waals surface area contributed by atoms with Crippen molar-refractivity contribution in [1.82, 2.24) is 15.5 Å². The van der Waals surface area contributed by atoms with Crippen molar-refractivity contribution in [2.45, 2.75) is 50.9 Å². The van der Waals surface area contributed by atoms with Crippen molar-refractivity contribution in [3.8, 4) is 0 Å². The minimum atomic E-state index is -4.30. The summed E-state index contributed by atoms with van der Waals surface area (Å²) in [4.78, 5) is 14.4. The lowest BCUT2D eigenvalue weighted by molar-refractivity contribution is -0.137. The highest BCUT2D eigenvalue weighted by Crippen LogP contribution is 2.29. The van der Waals surface area contributed by atoms with Crippen molar-refractivity contribution in [3.63, 3.8) is 0 Å². The largest absolute Gasteiger partial charge is 0.416 e. The van der Waals surface area contributed by atoms with Crippen LogP contribution in [-0.2, 0) is 17.5 Å². The molecule has 1 aromatic carbocycles. The van der Waals surface area contributed by atoms with Gasteiger partial charge in [0.1, 0.15) is 0 Å². The first-order valence-corrected chi connectivity index (χ1v) is 9.79. The predicted octanol–water partition coefficient (Wildman–Crippen LogP) is 3.18. The van der Waals surface area contributed by atoms with Crippen LogP contribution in [0.3, 0.4) is 0 Å². The molecule has 7 heteroatoms. The van der Waals surface area contributed by atoms with Crippen LogP contribution in [0.5, 0.6) is 0 Å². The fourth-order valence-corrected chi connectivity index (χ4v) is 3.96. The maximum absolute atomic E-state index is 12.6. The van der Waals surface area contributed by atoms with Crippen LogP contribution in [0.2, 0.25) is 0 Å². The maximum Gasteiger partial charge on any atom is 0.416 e. The smallest absolute Gasteiger partial charge is 0.352 e. The first-order chi connectivity index (χ1) is 12.9. The molecular weight excluding hydrogens is 355 g/mol. The van der Waals surface area contributed by atoms with Crippen LogP contribution in [0.15, 0.2) is 24.3 Å². The average molecular weight is 383 g/mol. The molecule has 27 heavy (non-hydrogen) atoms. The van der Waals surface area contributed by atoms with Crippen LogP contribution < -0.4 is 10.6 Å². The molecule has 4 nitrogen and oxygen atoms in total. The van der Waals surface area contributed by atoms with Gasteiger partial charge in [-0.1, -0.05) is 12.1 Å². The van der Waals surface area contributed by atoms with Gasteiger partial charge in [0.25, 0.3) is 0 Å². The van der Waals surface area contributed by atoms with Crippen LogP contribution >= 0.6 is 0 Å². The number of alkyl halides is 3. The molecule has 2 heterocycles. The topological polar surface area (TPSA) is 44.4 Å². The zero-order valence-electron chi connectivity index (χ0n) is 15.5. The van der Waals surface area contributed by atoms with Crippen molar-refractivity contribution >= 4 is 5.91 Å². The van der Waals surface area contributed by atoms with Crippen molar-refractivity contribution in [2.75, 3.05) is 26.2 Å². The van der Waals surface area contributed by atoms with Gasteiger partial charge in [-0.15, -0.1) is 0 Å². The molecule has 0 saturated carbocycles. The molecule has 2 fully saturated rings. The summed E-state index contributed by atoms with van der Waals surface area (Å²) < 4.78 is 37.9.